The van der Waals surface area contributed by atoms with Crippen molar-refractivity contribution in [1.29, 1.82) is 0 Å². The molecule has 0 amide bonds. The Morgan fingerprint density at radius 3 is 2.71 bits per heavy atom. The number of benzene rings is 1. The van der Waals surface area contributed by atoms with E-state index in [1.54, 1.807) is 0 Å². The third-order valence-corrected chi connectivity index (χ3v) is 3.20. The Labute approximate surface area is 104 Å². The van der Waals surface area contributed by atoms with Crippen LogP contribution in [0.3, 0.4) is 0 Å². The van der Waals surface area contributed by atoms with Gasteiger partial charge in [-0.15, -0.1) is 0 Å². The number of ether oxygens (including phenoxy) is 1. The van der Waals surface area contributed by atoms with Gasteiger partial charge in [0.05, 0.1) is 6.61 Å². The maximum atomic E-state index is 5.58. The highest BCUT2D eigenvalue weighted by Crippen LogP contribution is 2.19. The highest BCUT2D eigenvalue weighted by atomic mass is 16.5. The van der Waals surface area contributed by atoms with Crippen LogP contribution in [0.25, 0.3) is 0 Å². The Morgan fingerprint density at radius 2 is 2.06 bits per heavy atom. The molecule has 1 aliphatic rings. The maximum absolute atomic E-state index is 5.58. The number of nitrogens with one attached hydrogen (secondary N) is 1. The Balaban J connectivity index is 1.80. The van der Waals surface area contributed by atoms with Gasteiger partial charge < -0.3 is 10.1 Å². The van der Waals surface area contributed by atoms with Crippen LogP contribution in [0.1, 0.15) is 25.3 Å². The fourth-order valence-electron chi connectivity index (χ4n) is 2.04. The van der Waals surface area contributed by atoms with Gasteiger partial charge in [-0.25, -0.2) is 0 Å². The van der Waals surface area contributed by atoms with Gasteiger partial charge in [0.1, 0.15) is 0 Å². The first kappa shape index (κ1) is 12.6. The van der Waals surface area contributed by atoms with Crippen molar-refractivity contribution in [3.05, 3.63) is 35.9 Å². The lowest BCUT2D eigenvalue weighted by atomic mass is 10.00. The summed E-state index contributed by atoms with van der Waals surface area (Å²) in [5, 5.41) is 3.61. The smallest absolute Gasteiger partial charge is 0.0509 e. The average molecular weight is 233 g/mol. The van der Waals surface area contributed by atoms with Crippen LogP contribution in [0.4, 0.5) is 0 Å². The SMILES string of the molecule is CCOCC(CNC1CC1)Cc1ccccc1. The van der Waals surface area contributed by atoms with Gasteiger partial charge in [-0.1, -0.05) is 30.3 Å². The first-order chi connectivity index (χ1) is 8.38. The van der Waals surface area contributed by atoms with Gasteiger partial charge in [-0.05, 0) is 37.7 Å². The van der Waals surface area contributed by atoms with E-state index in [1.807, 2.05) is 0 Å². The second-order valence-electron chi connectivity index (χ2n) is 4.90. The molecular weight excluding hydrogens is 210 g/mol. The van der Waals surface area contributed by atoms with Gasteiger partial charge in [0, 0.05) is 19.2 Å². The van der Waals surface area contributed by atoms with Crippen LogP contribution in [0.15, 0.2) is 30.3 Å². The van der Waals surface area contributed by atoms with Crippen molar-refractivity contribution in [2.75, 3.05) is 19.8 Å². The van der Waals surface area contributed by atoms with Crippen molar-refractivity contribution >= 4 is 0 Å². The Kier molecular flexibility index (Phi) is 5.02. The van der Waals surface area contributed by atoms with Crippen LogP contribution in [0, 0.1) is 5.92 Å². The molecule has 2 rings (SSSR count). The second kappa shape index (κ2) is 6.77. The van der Waals surface area contributed by atoms with E-state index < -0.39 is 0 Å². The molecule has 1 aliphatic carbocycles. The molecule has 1 N–H and O–H groups in total. The Morgan fingerprint density at radius 1 is 1.29 bits per heavy atom. The zero-order valence-electron chi connectivity index (χ0n) is 10.7. The highest BCUT2D eigenvalue weighted by Gasteiger charge is 2.22. The minimum absolute atomic E-state index is 0.595. The average Bonchev–Trinajstić information content (AvgIpc) is 3.18. The summed E-state index contributed by atoms with van der Waals surface area (Å²) < 4.78 is 5.58. The summed E-state index contributed by atoms with van der Waals surface area (Å²) in [7, 11) is 0. The summed E-state index contributed by atoms with van der Waals surface area (Å²) in [5.41, 5.74) is 1.41. The van der Waals surface area contributed by atoms with Crippen molar-refractivity contribution in [1.82, 2.24) is 5.32 Å². The summed E-state index contributed by atoms with van der Waals surface area (Å²) >= 11 is 0. The van der Waals surface area contributed by atoms with Crippen LogP contribution < -0.4 is 5.32 Å². The minimum Gasteiger partial charge on any atom is -0.381 e. The van der Waals surface area contributed by atoms with E-state index in [0.717, 1.165) is 32.2 Å². The molecule has 2 nitrogen and oxygen atoms in total. The van der Waals surface area contributed by atoms with Crippen molar-refractivity contribution < 1.29 is 4.74 Å². The Bertz CT molecular complexity index is 308. The monoisotopic (exact) mass is 233 g/mol. The molecule has 0 aliphatic heterocycles. The molecule has 0 aromatic heterocycles. The Hall–Kier alpha value is -0.860. The lowest BCUT2D eigenvalue weighted by Gasteiger charge is -2.17. The summed E-state index contributed by atoms with van der Waals surface area (Å²) in [4.78, 5) is 0. The first-order valence-corrected chi connectivity index (χ1v) is 6.73. The molecule has 1 unspecified atom stereocenters. The van der Waals surface area contributed by atoms with Crippen molar-refractivity contribution in [3.8, 4) is 0 Å². The first-order valence-electron chi connectivity index (χ1n) is 6.73. The van der Waals surface area contributed by atoms with E-state index in [0.29, 0.717) is 5.92 Å². The van der Waals surface area contributed by atoms with Crippen LogP contribution in [-0.4, -0.2) is 25.8 Å². The molecule has 1 fully saturated rings. The largest absolute Gasteiger partial charge is 0.381 e. The van der Waals surface area contributed by atoms with E-state index in [-0.39, 0.29) is 0 Å². The normalized spacial score (nSPS) is 17.0. The van der Waals surface area contributed by atoms with Crippen molar-refractivity contribution in [2.24, 2.45) is 5.92 Å². The van der Waals surface area contributed by atoms with Crippen molar-refractivity contribution in [2.45, 2.75) is 32.2 Å². The lowest BCUT2D eigenvalue weighted by molar-refractivity contribution is 0.109. The minimum atomic E-state index is 0.595. The molecule has 1 aromatic carbocycles. The highest BCUT2D eigenvalue weighted by molar-refractivity contribution is 5.15. The number of hydrogen-bond acceptors (Lipinski definition) is 2. The van der Waals surface area contributed by atoms with Gasteiger partial charge in [-0.2, -0.15) is 0 Å². The molecule has 0 bridgehead atoms. The predicted molar refractivity (Wildman–Crippen MR) is 71.2 cm³/mol. The zero-order chi connectivity index (χ0) is 11.9. The number of rotatable bonds is 8. The van der Waals surface area contributed by atoms with E-state index in [2.05, 4.69) is 42.6 Å². The standard InChI is InChI=1S/C15H23NO/c1-2-17-12-14(11-16-15-8-9-15)10-13-6-4-3-5-7-13/h3-7,14-16H,2,8-12H2,1H3. The third-order valence-electron chi connectivity index (χ3n) is 3.20. The number of hydrogen-bond donors (Lipinski definition) is 1. The van der Waals surface area contributed by atoms with E-state index in [4.69, 9.17) is 4.74 Å². The van der Waals surface area contributed by atoms with E-state index in [9.17, 15) is 0 Å². The summed E-state index contributed by atoms with van der Waals surface area (Å²) in [5.74, 6) is 0.595. The topological polar surface area (TPSA) is 21.3 Å². The van der Waals surface area contributed by atoms with E-state index >= 15 is 0 Å². The van der Waals surface area contributed by atoms with Gasteiger partial charge in [-0.3, -0.25) is 0 Å². The molecular formula is C15H23NO. The third kappa shape index (κ3) is 4.88. The van der Waals surface area contributed by atoms with Crippen LogP contribution in [0.5, 0.6) is 0 Å². The van der Waals surface area contributed by atoms with Crippen LogP contribution in [-0.2, 0) is 11.2 Å². The van der Waals surface area contributed by atoms with Crippen molar-refractivity contribution in [3.63, 3.8) is 0 Å². The fraction of sp³-hybridized carbons (Fsp3) is 0.600. The second-order valence-corrected chi connectivity index (χ2v) is 4.90. The molecule has 1 aromatic rings. The van der Waals surface area contributed by atoms with Gasteiger partial charge in [0.2, 0.25) is 0 Å². The predicted octanol–water partition coefficient (Wildman–Crippen LogP) is 2.63. The fourth-order valence-corrected chi connectivity index (χ4v) is 2.04. The molecule has 2 heteroatoms. The van der Waals surface area contributed by atoms with Gasteiger partial charge in [0.25, 0.3) is 0 Å². The van der Waals surface area contributed by atoms with E-state index in [1.165, 1.54) is 18.4 Å². The lowest BCUT2D eigenvalue weighted by Crippen LogP contribution is -2.29. The van der Waals surface area contributed by atoms with Gasteiger partial charge >= 0.3 is 0 Å². The molecule has 0 spiro atoms. The summed E-state index contributed by atoms with van der Waals surface area (Å²) in [6.45, 7) is 4.83. The zero-order valence-corrected chi connectivity index (χ0v) is 10.7. The van der Waals surface area contributed by atoms with Crippen LogP contribution in [0.2, 0.25) is 0 Å². The molecule has 0 saturated heterocycles. The summed E-state index contributed by atoms with van der Waals surface area (Å²) in [6.07, 6.45) is 3.82. The molecule has 1 saturated carbocycles. The van der Waals surface area contributed by atoms with Gasteiger partial charge in [0.15, 0.2) is 0 Å². The van der Waals surface area contributed by atoms with Crippen LogP contribution >= 0.6 is 0 Å². The molecule has 1 atom stereocenters. The molecule has 0 radical (unpaired) electrons. The maximum Gasteiger partial charge on any atom is 0.0509 e. The quantitative estimate of drug-likeness (QED) is 0.745. The molecule has 17 heavy (non-hydrogen) atoms. The molecule has 94 valence electrons. The summed E-state index contributed by atoms with van der Waals surface area (Å²) in [6, 6.07) is 11.5. The molecule has 0 heterocycles.